The zero-order valence-corrected chi connectivity index (χ0v) is 12.7. The van der Waals surface area contributed by atoms with Gasteiger partial charge in [-0.25, -0.2) is 9.78 Å². The lowest BCUT2D eigenvalue weighted by atomic mass is 10.2. The summed E-state index contributed by atoms with van der Waals surface area (Å²) in [6.07, 6.45) is 1.77. The van der Waals surface area contributed by atoms with Crippen LogP contribution in [0.4, 0.5) is 0 Å². The van der Waals surface area contributed by atoms with E-state index < -0.39 is 5.97 Å². The van der Waals surface area contributed by atoms with E-state index >= 15 is 0 Å². The molecule has 0 bridgehead atoms. The van der Waals surface area contributed by atoms with Gasteiger partial charge >= 0.3 is 5.97 Å². The second-order valence-electron chi connectivity index (χ2n) is 5.16. The predicted molar refractivity (Wildman–Crippen MR) is 85.4 cm³/mol. The number of benzene rings is 1. The molecule has 2 heterocycles. The third-order valence-corrected chi connectivity index (χ3v) is 3.34. The number of aromatic nitrogens is 3. The summed E-state index contributed by atoms with van der Waals surface area (Å²) in [7, 11) is 1.77. The van der Waals surface area contributed by atoms with Crippen LogP contribution in [-0.2, 0) is 7.05 Å². The number of hydrogen-bond acceptors (Lipinski definition) is 4. The summed E-state index contributed by atoms with van der Waals surface area (Å²) in [5.41, 5.74) is 1.52. The van der Waals surface area contributed by atoms with Crippen LogP contribution in [0.25, 0.3) is 11.4 Å². The molecule has 6 nitrogen and oxygen atoms in total. The van der Waals surface area contributed by atoms with E-state index in [1.165, 1.54) is 6.07 Å². The number of carbonyl (C=O) groups is 1. The van der Waals surface area contributed by atoms with Gasteiger partial charge in [-0.2, -0.15) is 0 Å². The van der Waals surface area contributed by atoms with E-state index in [9.17, 15) is 9.59 Å². The molecule has 23 heavy (non-hydrogen) atoms. The molecule has 0 spiro atoms. The van der Waals surface area contributed by atoms with Crippen molar-refractivity contribution in [3.05, 3.63) is 70.4 Å². The lowest BCUT2D eigenvalue weighted by Gasteiger charge is -2.07. The van der Waals surface area contributed by atoms with Crippen LogP contribution < -0.4 is 10.3 Å². The minimum atomic E-state index is -0.444. The van der Waals surface area contributed by atoms with Crippen molar-refractivity contribution in [2.75, 3.05) is 0 Å². The molecule has 3 rings (SSSR count). The van der Waals surface area contributed by atoms with Gasteiger partial charge in [-0.3, -0.25) is 4.79 Å². The molecule has 116 valence electrons. The molecule has 0 fully saturated rings. The zero-order chi connectivity index (χ0) is 16.4. The molecule has 1 N–H and O–H groups in total. The van der Waals surface area contributed by atoms with Gasteiger partial charge < -0.3 is 14.3 Å². The van der Waals surface area contributed by atoms with Gasteiger partial charge in [0, 0.05) is 30.6 Å². The third kappa shape index (κ3) is 3.21. The van der Waals surface area contributed by atoms with Gasteiger partial charge in [-0.15, -0.1) is 0 Å². The molecule has 2 aromatic heterocycles. The molecule has 0 saturated heterocycles. The van der Waals surface area contributed by atoms with Crippen molar-refractivity contribution in [3.63, 3.8) is 0 Å². The fraction of sp³-hybridized carbons (Fsp3) is 0.118. The number of aryl methyl sites for hydroxylation is 2. The molecule has 0 unspecified atom stereocenters. The largest absolute Gasteiger partial charge is 0.422 e. The van der Waals surface area contributed by atoms with Crippen LogP contribution in [0, 0.1) is 6.92 Å². The molecule has 0 aliphatic rings. The fourth-order valence-electron chi connectivity index (χ4n) is 2.26. The highest BCUT2D eigenvalue weighted by Gasteiger charge is 2.12. The average molecular weight is 309 g/mol. The second kappa shape index (κ2) is 5.92. The van der Waals surface area contributed by atoms with Crippen molar-refractivity contribution in [2.24, 2.45) is 7.05 Å². The molecule has 0 aliphatic carbocycles. The molecule has 0 saturated carbocycles. The second-order valence-corrected chi connectivity index (χ2v) is 5.16. The summed E-state index contributed by atoms with van der Waals surface area (Å²) in [5, 5.41) is 0. The number of rotatable bonds is 3. The number of hydrogen-bond donors (Lipinski definition) is 1. The summed E-state index contributed by atoms with van der Waals surface area (Å²) in [6, 6.07) is 11.8. The molecule has 0 amide bonds. The first-order chi connectivity index (χ1) is 11.0. The molecular weight excluding hydrogens is 294 g/mol. The van der Waals surface area contributed by atoms with E-state index in [-0.39, 0.29) is 5.56 Å². The molecule has 0 radical (unpaired) electrons. The summed E-state index contributed by atoms with van der Waals surface area (Å²) < 4.78 is 7.07. The van der Waals surface area contributed by atoms with Crippen molar-refractivity contribution in [1.82, 2.24) is 14.5 Å². The van der Waals surface area contributed by atoms with Gasteiger partial charge in [0.05, 0.1) is 0 Å². The SMILES string of the molecule is Cc1cc(=O)[nH]c(-c2cccc(OC(=O)c3cccn3C)c2)n1. The Kier molecular flexibility index (Phi) is 3.80. The van der Waals surface area contributed by atoms with E-state index in [1.54, 1.807) is 61.1 Å². The average Bonchev–Trinajstić information content (AvgIpc) is 2.93. The van der Waals surface area contributed by atoms with Crippen LogP contribution in [-0.4, -0.2) is 20.5 Å². The van der Waals surface area contributed by atoms with Crippen LogP contribution in [0.3, 0.4) is 0 Å². The molecule has 6 heteroatoms. The Morgan fingerprint density at radius 3 is 2.74 bits per heavy atom. The number of nitrogens with zero attached hydrogens (tertiary/aromatic N) is 2. The van der Waals surface area contributed by atoms with Crippen molar-refractivity contribution < 1.29 is 9.53 Å². The molecule has 1 aromatic carbocycles. The van der Waals surface area contributed by atoms with Gasteiger partial charge in [-0.05, 0) is 31.2 Å². The van der Waals surface area contributed by atoms with Crippen LogP contribution >= 0.6 is 0 Å². The topological polar surface area (TPSA) is 77.0 Å². The first kappa shape index (κ1) is 14.8. The lowest BCUT2D eigenvalue weighted by Crippen LogP contribution is -2.12. The normalized spacial score (nSPS) is 10.5. The Hall–Kier alpha value is -3.15. The maximum absolute atomic E-state index is 12.1. The maximum atomic E-state index is 12.1. The molecular formula is C17H15N3O3. The highest BCUT2D eigenvalue weighted by molar-refractivity contribution is 5.89. The maximum Gasteiger partial charge on any atom is 0.360 e. The smallest absolute Gasteiger partial charge is 0.360 e. The molecule has 0 atom stereocenters. The van der Waals surface area contributed by atoms with Gasteiger partial charge in [0.15, 0.2) is 0 Å². The van der Waals surface area contributed by atoms with Gasteiger partial charge in [0.25, 0.3) is 5.56 Å². The van der Waals surface area contributed by atoms with Gasteiger partial charge in [0.2, 0.25) is 0 Å². The molecule has 0 aliphatic heterocycles. The lowest BCUT2D eigenvalue weighted by molar-refractivity contribution is 0.0725. The van der Waals surface area contributed by atoms with E-state index in [0.29, 0.717) is 28.5 Å². The first-order valence-electron chi connectivity index (χ1n) is 7.05. The van der Waals surface area contributed by atoms with Crippen molar-refractivity contribution in [3.8, 4) is 17.1 Å². The first-order valence-corrected chi connectivity index (χ1v) is 7.05. The van der Waals surface area contributed by atoms with Crippen molar-refractivity contribution >= 4 is 5.97 Å². The minimum Gasteiger partial charge on any atom is -0.422 e. The van der Waals surface area contributed by atoms with Crippen LogP contribution in [0.15, 0.2) is 53.5 Å². The standard InChI is InChI=1S/C17H15N3O3/c1-11-9-15(21)19-16(18-11)12-5-3-6-13(10-12)23-17(22)14-7-4-8-20(14)2/h3-10H,1-2H3,(H,18,19,21). The monoisotopic (exact) mass is 309 g/mol. The summed E-state index contributed by atoms with van der Waals surface area (Å²) in [4.78, 5) is 30.7. The van der Waals surface area contributed by atoms with E-state index in [4.69, 9.17) is 4.74 Å². The highest BCUT2D eigenvalue weighted by atomic mass is 16.5. The zero-order valence-electron chi connectivity index (χ0n) is 12.7. The van der Waals surface area contributed by atoms with Crippen LogP contribution in [0.5, 0.6) is 5.75 Å². The minimum absolute atomic E-state index is 0.223. The quantitative estimate of drug-likeness (QED) is 0.595. The number of nitrogens with one attached hydrogen (secondary N) is 1. The number of aromatic amines is 1. The Morgan fingerprint density at radius 1 is 1.22 bits per heavy atom. The van der Waals surface area contributed by atoms with Crippen molar-refractivity contribution in [2.45, 2.75) is 6.92 Å². The third-order valence-electron chi connectivity index (χ3n) is 3.34. The number of esters is 1. The number of ether oxygens (including phenoxy) is 1. The van der Waals surface area contributed by atoms with Crippen molar-refractivity contribution in [1.29, 1.82) is 0 Å². The Morgan fingerprint density at radius 2 is 2.04 bits per heavy atom. The summed E-state index contributed by atoms with van der Waals surface area (Å²) in [6.45, 7) is 1.75. The van der Waals surface area contributed by atoms with Gasteiger partial charge in [-0.1, -0.05) is 12.1 Å². The number of H-pyrrole nitrogens is 1. The Balaban J connectivity index is 1.90. The van der Waals surface area contributed by atoms with Crippen LogP contribution in [0.1, 0.15) is 16.2 Å². The predicted octanol–water partition coefficient (Wildman–Crippen LogP) is 2.30. The van der Waals surface area contributed by atoms with Gasteiger partial charge in [0.1, 0.15) is 17.3 Å². The van der Waals surface area contributed by atoms with Crippen LogP contribution in [0.2, 0.25) is 0 Å². The Labute approximate surface area is 132 Å². The number of carbonyl (C=O) groups excluding carboxylic acids is 1. The summed E-state index contributed by atoms with van der Waals surface area (Å²) in [5.74, 6) is 0.380. The molecule has 3 aromatic rings. The van der Waals surface area contributed by atoms with E-state index in [0.717, 1.165) is 0 Å². The van der Waals surface area contributed by atoms with E-state index in [1.807, 2.05) is 0 Å². The summed E-state index contributed by atoms with van der Waals surface area (Å²) >= 11 is 0. The van der Waals surface area contributed by atoms with E-state index in [2.05, 4.69) is 9.97 Å². The fourth-order valence-corrected chi connectivity index (χ4v) is 2.26. The highest BCUT2D eigenvalue weighted by Crippen LogP contribution is 2.21. The Bertz CT molecular complexity index is 925.